The quantitative estimate of drug-likeness (QED) is 0.682. The summed E-state index contributed by atoms with van der Waals surface area (Å²) in [5.74, 6) is 0.0315. The van der Waals surface area contributed by atoms with E-state index in [1.807, 2.05) is 0 Å². The Kier molecular flexibility index (Phi) is 2.93. The fourth-order valence-corrected chi connectivity index (χ4v) is 5.31. The highest BCUT2D eigenvalue weighted by atomic mass is 32.2. The number of hydrogen-bond donors (Lipinski definition) is 1. The van der Waals surface area contributed by atoms with E-state index in [0.29, 0.717) is 12.6 Å². The molecular weight excluding hydrogens is 242 g/mol. The Morgan fingerprint density at radius 1 is 1.18 bits per heavy atom. The summed E-state index contributed by atoms with van der Waals surface area (Å²) in [4.78, 5) is 2.19. The average Bonchev–Trinajstić information content (AvgIpc) is 2.81. The van der Waals surface area contributed by atoms with Gasteiger partial charge in [-0.3, -0.25) is 4.90 Å². The largest absolute Gasteiger partial charge is 0.390 e. The third-order valence-corrected chi connectivity index (χ3v) is 5.94. The van der Waals surface area contributed by atoms with Gasteiger partial charge in [0.2, 0.25) is 0 Å². The molecule has 0 bridgehead atoms. The minimum Gasteiger partial charge on any atom is -0.390 e. The van der Waals surface area contributed by atoms with Crippen molar-refractivity contribution < 1.29 is 18.3 Å². The number of aliphatic hydroxyl groups excluding tert-OH is 1. The van der Waals surface area contributed by atoms with Crippen LogP contribution in [0, 0.1) is 0 Å². The molecule has 1 N–H and O–H groups in total. The smallest absolute Gasteiger partial charge is 0.154 e. The second kappa shape index (κ2) is 4.19. The molecule has 3 rings (SSSR count). The van der Waals surface area contributed by atoms with E-state index in [0.717, 1.165) is 25.8 Å². The van der Waals surface area contributed by atoms with Crippen molar-refractivity contribution >= 4 is 9.84 Å². The molecule has 3 fully saturated rings. The van der Waals surface area contributed by atoms with Crippen LogP contribution in [0.5, 0.6) is 0 Å². The fourth-order valence-electron chi connectivity index (χ4n) is 3.49. The van der Waals surface area contributed by atoms with Gasteiger partial charge in [0.05, 0.1) is 36.4 Å². The average molecular weight is 261 g/mol. The van der Waals surface area contributed by atoms with Crippen LogP contribution in [0.25, 0.3) is 0 Å². The Hall–Kier alpha value is -0.170. The summed E-state index contributed by atoms with van der Waals surface area (Å²) < 4.78 is 28.8. The van der Waals surface area contributed by atoms with Gasteiger partial charge in [0.1, 0.15) is 0 Å². The molecular formula is C11H19NO4S. The van der Waals surface area contributed by atoms with Crippen molar-refractivity contribution in [1.82, 2.24) is 4.90 Å². The molecule has 1 aliphatic carbocycles. The Bertz CT molecular complexity index is 396. The van der Waals surface area contributed by atoms with E-state index in [-0.39, 0.29) is 23.7 Å². The lowest BCUT2D eigenvalue weighted by Gasteiger charge is -2.41. The van der Waals surface area contributed by atoms with Crippen LogP contribution in [-0.2, 0) is 14.6 Å². The predicted octanol–water partition coefficient (Wildman–Crippen LogP) is -0.602. The Morgan fingerprint density at radius 3 is 2.71 bits per heavy atom. The van der Waals surface area contributed by atoms with Crippen LogP contribution in [0.1, 0.15) is 19.3 Å². The molecule has 2 aliphatic heterocycles. The number of rotatable bonds is 1. The molecule has 5 nitrogen and oxygen atoms in total. The zero-order valence-electron chi connectivity index (χ0n) is 9.79. The van der Waals surface area contributed by atoms with Crippen LogP contribution in [0.2, 0.25) is 0 Å². The molecule has 1 saturated carbocycles. The fraction of sp³-hybridized carbons (Fsp3) is 1.00. The van der Waals surface area contributed by atoms with E-state index in [1.54, 1.807) is 0 Å². The van der Waals surface area contributed by atoms with Crippen LogP contribution >= 0.6 is 0 Å². The molecule has 2 heterocycles. The number of ether oxygens (including phenoxy) is 1. The van der Waals surface area contributed by atoms with E-state index in [9.17, 15) is 13.5 Å². The summed E-state index contributed by atoms with van der Waals surface area (Å²) in [6.07, 6.45) is 2.80. The summed E-state index contributed by atoms with van der Waals surface area (Å²) in [5, 5.41) is 9.94. The highest BCUT2D eigenvalue weighted by Crippen LogP contribution is 2.33. The summed E-state index contributed by atoms with van der Waals surface area (Å²) in [6.45, 7) is 1.41. The van der Waals surface area contributed by atoms with Crippen LogP contribution in [0.15, 0.2) is 0 Å². The van der Waals surface area contributed by atoms with Gasteiger partial charge in [-0.25, -0.2) is 8.42 Å². The van der Waals surface area contributed by atoms with Gasteiger partial charge >= 0.3 is 0 Å². The summed E-state index contributed by atoms with van der Waals surface area (Å²) >= 11 is 0. The third kappa shape index (κ3) is 2.12. The van der Waals surface area contributed by atoms with Gasteiger partial charge in [0.25, 0.3) is 0 Å². The number of nitrogens with zero attached hydrogens (tertiary/aromatic N) is 1. The Labute approximate surface area is 102 Å². The van der Waals surface area contributed by atoms with E-state index >= 15 is 0 Å². The van der Waals surface area contributed by atoms with Crippen LogP contribution in [-0.4, -0.2) is 67.4 Å². The van der Waals surface area contributed by atoms with E-state index in [2.05, 4.69) is 4.90 Å². The lowest BCUT2D eigenvalue weighted by atomic mass is 10.1. The molecule has 3 aliphatic rings. The van der Waals surface area contributed by atoms with Gasteiger partial charge < -0.3 is 9.84 Å². The maximum atomic E-state index is 11.6. The molecule has 98 valence electrons. The first-order chi connectivity index (χ1) is 8.07. The molecule has 0 spiro atoms. The first-order valence-electron chi connectivity index (χ1n) is 6.33. The molecule has 0 aromatic heterocycles. The number of sulfone groups is 1. The topological polar surface area (TPSA) is 66.8 Å². The van der Waals surface area contributed by atoms with Gasteiger partial charge in [0.15, 0.2) is 9.84 Å². The summed E-state index contributed by atoms with van der Waals surface area (Å²) in [6, 6.07) is 0.103. The molecule has 0 aromatic rings. The van der Waals surface area contributed by atoms with Gasteiger partial charge in [0, 0.05) is 12.6 Å². The number of fused-ring (bicyclic) bond motifs is 1. The molecule has 0 amide bonds. The Morgan fingerprint density at radius 2 is 2.00 bits per heavy atom. The third-order valence-electron chi connectivity index (χ3n) is 4.24. The van der Waals surface area contributed by atoms with Crippen molar-refractivity contribution in [3.05, 3.63) is 0 Å². The zero-order valence-corrected chi connectivity index (χ0v) is 10.6. The van der Waals surface area contributed by atoms with E-state index in [1.165, 1.54) is 0 Å². The lowest BCUT2D eigenvalue weighted by Crippen LogP contribution is -2.56. The summed E-state index contributed by atoms with van der Waals surface area (Å²) in [5.41, 5.74) is 0. The van der Waals surface area contributed by atoms with Crippen LogP contribution in [0.4, 0.5) is 0 Å². The highest BCUT2D eigenvalue weighted by Gasteiger charge is 2.46. The van der Waals surface area contributed by atoms with E-state index in [4.69, 9.17) is 4.74 Å². The maximum absolute atomic E-state index is 11.6. The molecule has 6 heteroatoms. The van der Waals surface area contributed by atoms with Gasteiger partial charge in [-0.05, 0) is 19.3 Å². The maximum Gasteiger partial charge on any atom is 0.154 e. The number of hydrogen-bond acceptors (Lipinski definition) is 5. The molecule has 4 unspecified atom stereocenters. The first-order valence-corrected chi connectivity index (χ1v) is 8.15. The van der Waals surface area contributed by atoms with E-state index < -0.39 is 15.9 Å². The standard InChI is InChI=1S/C11H19NO4S/c13-10-7-17(14,15)6-9(10)12-4-5-16-11-3-1-2-8(11)12/h8-11,13H,1-7H2. The number of aliphatic hydroxyl groups is 1. The molecule has 0 aromatic carbocycles. The molecule has 2 saturated heterocycles. The zero-order chi connectivity index (χ0) is 12.0. The Balaban J connectivity index is 1.79. The molecule has 4 atom stereocenters. The normalized spacial score (nSPS) is 45.9. The highest BCUT2D eigenvalue weighted by molar-refractivity contribution is 7.91. The first kappa shape index (κ1) is 11.9. The van der Waals surface area contributed by atoms with Gasteiger partial charge in [-0.2, -0.15) is 0 Å². The minimum atomic E-state index is -3.06. The summed E-state index contributed by atoms with van der Waals surface area (Å²) in [7, 11) is -3.06. The van der Waals surface area contributed by atoms with Crippen molar-refractivity contribution in [3.8, 4) is 0 Å². The number of morpholine rings is 1. The van der Waals surface area contributed by atoms with Crippen molar-refractivity contribution in [2.75, 3.05) is 24.7 Å². The molecule has 17 heavy (non-hydrogen) atoms. The van der Waals surface area contributed by atoms with Crippen LogP contribution < -0.4 is 0 Å². The monoisotopic (exact) mass is 261 g/mol. The predicted molar refractivity (Wildman–Crippen MR) is 62.5 cm³/mol. The van der Waals surface area contributed by atoms with Crippen molar-refractivity contribution in [2.45, 2.75) is 43.6 Å². The van der Waals surface area contributed by atoms with Crippen molar-refractivity contribution in [3.63, 3.8) is 0 Å². The second-order valence-electron chi connectivity index (χ2n) is 5.36. The van der Waals surface area contributed by atoms with Crippen LogP contribution in [0.3, 0.4) is 0 Å². The SMILES string of the molecule is O=S1(=O)CC(O)C(N2CCOC3CCCC32)C1. The minimum absolute atomic E-state index is 0.0770. The van der Waals surface area contributed by atoms with Gasteiger partial charge in [-0.15, -0.1) is 0 Å². The second-order valence-corrected chi connectivity index (χ2v) is 7.51. The van der Waals surface area contributed by atoms with Crippen molar-refractivity contribution in [1.29, 1.82) is 0 Å². The lowest BCUT2D eigenvalue weighted by molar-refractivity contribution is -0.0824. The van der Waals surface area contributed by atoms with Gasteiger partial charge in [-0.1, -0.05) is 0 Å². The molecule has 0 radical (unpaired) electrons. The van der Waals surface area contributed by atoms with Crippen molar-refractivity contribution in [2.24, 2.45) is 0 Å².